The van der Waals surface area contributed by atoms with Crippen molar-refractivity contribution >= 4 is 37.8 Å². The molecule has 0 N–H and O–H groups in total. The Kier molecular flexibility index (Phi) is 3.87. The van der Waals surface area contributed by atoms with Crippen LogP contribution in [0.5, 0.6) is 0 Å². The molecule has 0 aromatic carbocycles. The summed E-state index contributed by atoms with van der Waals surface area (Å²) in [6, 6.07) is 1.83. The van der Waals surface area contributed by atoms with Gasteiger partial charge in [-0.15, -0.1) is 0 Å². The first-order valence-corrected chi connectivity index (χ1v) is 5.09. The molecule has 70 valence electrons. The quantitative estimate of drug-likeness (QED) is 0.622. The lowest BCUT2D eigenvalue weighted by molar-refractivity contribution is -0.139. The molecular weight excluding hydrogens is 302 g/mol. The number of rotatable bonds is 2. The molecule has 0 fully saturated rings. The number of aromatic nitrogens is 1. The summed E-state index contributed by atoms with van der Waals surface area (Å²) < 4.78 is 6.06. The van der Waals surface area contributed by atoms with Gasteiger partial charge in [0.25, 0.3) is 0 Å². The minimum absolute atomic E-state index is 0.226. The van der Waals surface area contributed by atoms with Gasteiger partial charge in [-0.2, -0.15) is 0 Å². The highest BCUT2D eigenvalue weighted by molar-refractivity contribution is 9.11. The number of pyridine rings is 1. The fourth-order valence-corrected chi connectivity index (χ4v) is 1.55. The normalized spacial score (nSPS) is 9.77. The van der Waals surface area contributed by atoms with Gasteiger partial charge < -0.3 is 4.74 Å². The molecule has 0 saturated heterocycles. The van der Waals surface area contributed by atoms with E-state index < -0.39 is 0 Å². The third kappa shape index (κ3) is 3.08. The summed E-state index contributed by atoms with van der Waals surface area (Å²) in [7, 11) is 1.36. The van der Waals surface area contributed by atoms with Gasteiger partial charge in [0.2, 0.25) is 0 Å². The number of methoxy groups -OCH3 is 1. The Bertz CT molecular complexity index is 328. The van der Waals surface area contributed by atoms with E-state index in [0.29, 0.717) is 4.60 Å². The first-order valence-electron chi connectivity index (χ1n) is 3.50. The summed E-state index contributed by atoms with van der Waals surface area (Å²) in [6.07, 6.45) is 1.88. The SMILES string of the molecule is COC(=O)Cc1cc(Br)cnc1Br. The van der Waals surface area contributed by atoms with Crippen molar-refractivity contribution in [1.82, 2.24) is 4.98 Å². The Balaban J connectivity index is 2.87. The van der Waals surface area contributed by atoms with Crippen molar-refractivity contribution in [1.29, 1.82) is 0 Å². The van der Waals surface area contributed by atoms with Gasteiger partial charge in [-0.05, 0) is 43.5 Å². The van der Waals surface area contributed by atoms with Gasteiger partial charge in [0.15, 0.2) is 0 Å². The lowest BCUT2D eigenvalue weighted by atomic mass is 10.2. The maximum absolute atomic E-state index is 11.0. The summed E-state index contributed by atoms with van der Waals surface area (Å²) in [6.45, 7) is 0. The number of hydrogen-bond acceptors (Lipinski definition) is 3. The summed E-state index contributed by atoms with van der Waals surface area (Å²) in [5.41, 5.74) is 0.807. The molecule has 0 spiro atoms. The van der Waals surface area contributed by atoms with Crippen molar-refractivity contribution in [2.45, 2.75) is 6.42 Å². The van der Waals surface area contributed by atoms with Crippen LogP contribution in [-0.4, -0.2) is 18.1 Å². The number of hydrogen-bond donors (Lipinski definition) is 0. The molecule has 13 heavy (non-hydrogen) atoms. The summed E-state index contributed by atoms with van der Waals surface area (Å²) >= 11 is 6.52. The number of halogens is 2. The Morgan fingerprint density at radius 3 is 2.92 bits per heavy atom. The standard InChI is InChI=1S/C8H7Br2NO2/c1-13-7(12)3-5-2-6(9)4-11-8(5)10/h2,4H,3H2,1H3. The smallest absolute Gasteiger partial charge is 0.310 e. The van der Waals surface area contributed by atoms with E-state index in [2.05, 4.69) is 41.6 Å². The molecule has 0 aliphatic heterocycles. The molecule has 1 aromatic heterocycles. The average Bonchev–Trinajstić information content (AvgIpc) is 2.11. The molecule has 3 nitrogen and oxygen atoms in total. The van der Waals surface area contributed by atoms with Crippen LogP contribution in [-0.2, 0) is 16.0 Å². The summed E-state index contributed by atoms with van der Waals surface area (Å²) in [4.78, 5) is 15.0. The molecule has 0 amide bonds. The van der Waals surface area contributed by atoms with Crippen LogP contribution >= 0.6 is 31.9 Å². The van der Waals surface area contributed by atoms with E-state index in [1.165, 1.54) is 7.11 Å². The molecule has 1 aromatic rings. The molecule has 0 radical (unpaired) electrons. The van der Waals surface area contributed by atoms with Crippen molar-refractivity contribution in [2.24, 2.45) is 0 Å². The fraction of sp³-hybridized carbons (Fsp3) is 0.250. The lowest BCUT2D eigenvalue weighted by Crippen LogP contribution is -2.05. The molecule has 0 saturated carbocycles. The second-order valence-electron chi connectivity index (χ2n) is 2.36. The van der Waals surface area contributed by atoms with Gasteiger partial charge in [0.1, 0.15) is 4.60 Å². The summed E-state index contributed by atoms with van der Waals surface area (Å²) in [5, 5.41) is 0. The van der Waals surface area contributed by atoms with Crippen molar-refractivity contribution in [3.63, 3.8) is 0 Å². The Labute approximate surface area is 92.8 Å². The second kappa shape index (κ2) is 4.72. The van der Waals surface area contributed by atoms with E-state index in [0.717, 1.165) is 10.0 Å². The molecule has 0 aliphatic rings. The van der Waals surface area contributed by atoms with Gasteiger partial charge in [-0.25, -0.2) is 4.98 Å². The van der Waals surface area contributed by atoms with E-state index in [1.807, 2.05) is 6.07 Å². The zero-order valence-corrected chi connectivity index (χ0v) is 10.1. The van der Waals surface area contributed by atoms with Gasteiger partial charge in [0.05, 0.1) is 13.5 Å². The average molecular weight is 309 g/mol. The molecule has 5 heteroatoms. The van der Waals surface area contributed by atoms with Crippen LogP contribution in [0.15, 0.2) is 21.3 Å². The van der Waals surface area contributed by atoms with Crippen LogP contribution in [0.2, 0.25) is 0 Å². The van der Waals surface area contributed by atoms with E-state index in [-0.39, 0.29) is 12.4 Å². The van der Waals surface area contributed by atoms with Gasteiger partial charge in [-0.1, -0.05) is 0 Å². The topological polar surface area (TPSA) is 39.2 Å². The van der Waals surface area contributed by atoms with E-state index >= 15 is 0 Å². The number of esters is 1. The first-order chi connectivity index (χ1) is 6.13. The van der Waals surface area contributed by atoms with Crippen LogP contribution in [0.3, 0.4) is 0 Å². The minimum Gasteiger partial charge on any atom is -0.469 e. The third-order valence-electron chi connectivity index (χ3n) is 1.44. The molecule has 0 atom stereocenters. The van der Waals surface area contributed by atoms with Gasteiger partial charge >= 0.3 is 5.97 Å². The van der Waals surface area contributed by atoms with E-state index in [4.69, 9.17) is 0 Å². The molecule has 0 unspecified atom stereocenters. The Hall–Kier alpha value is -0.420. The molecular formula is C8H7Br2NO2. The van der Waals surface area contributed by atoms with Crippen LogP contribution < -0.4 is 0 Å². The highest BCUT2D eigenvalue weighted by Crippen LogP contribution is 2.19. The van der Waals surface area contributed by atoms with Crippen LogP contribution in [0.4, 0.5) is 0 Å². The highest BCUT2D eigenvalue weighted by atomic mass is 79.9. The number of carbonyl (C=O) groups excluding carboxylic acids is 1. The maximum atomic E-state index is 11.0. The Morgan fingerprint density at radius 2 is 2.31 bits per heavy atom. The zero-order valence-electron chi connectivity index (χ0n) is 6.88. The third-order valence-corrected chi connectivity index (χ3v) is 2.59. The Morgan fingerprint density at radius 1 is 1.62 bits per heavy atom. The second-order valence-corrected chi connectivity index (χ2v) is 4.02. The van der Waals surface area contributed by atoms with Gasteiger partial charge in [-0.3, -0.25) is 4.79 Å². The van der Waals surface area contributed by atoms with Crippen molar-refractivity contribution in [3.8, 4) is 0 Å². The lowest BCUT2D eigenvalue weighted by Gasteiger charge is -2.02. The monoisotopic (exact) mass is 307 g/mol. The van der Waals surface area contributed by atoms with Crippen LogP contribution in [0, 0.1) is 0 Å². The van der Waals surface area contributed by atoms with Crippen LogP contribution in [0.25, 0.3) is 0 Å². The highest BCUT2D eigenvalue weighted by Gasteiger charge is 2.07. The molecule has 1 heterocycles. The van der Waals surface area contributed by atoms with Crippen molar-refractivity contribution in [2.75, 3.05) is 7.11 Å². The van der Waals surface area contributed by atoms with Crippen molar-refractivity contribution in [3.05, 3.63) is 26.9 Å². The predicted octanol–water partition coefficient (Wildman–Crippen LogP) is 2.32. The van der Waals surface area contributed by atoms with Gasteiger partial charge in [0, 0.05) is 10.7 Å². The minimum atomic E-state index is -0.277. The number of carbonyl (C=O) groups is 1. The van der Waals surface area contributed by atoms with Crippen molar-refractivity contribution < 1.29 is 9.53 Å². The maximum Gasteiger partial charge on any atom is 0.310 e. The first kappa shape index (κ1) is 10.7. The van der Waals surface area contributed by atoms with E-state index in [9.17, 15) is 4.79 Å². The number of nitrogens with zero attached hydrogens (tertiary/aromatic N) is 1. The number of ether oxygens (including phenoxy) is 1. The largest absolute Gasteiger partial charge is 0.469 e. The summed E-state index contributed by atoms with van der Waals surface area (Å²) in [5.74, 6) is -0.277. The molecule has 0 aliphatic carbocycles. The fourth-order valence-electron chi connectivity index (χ4n) is 0.816. The molecule has 0 bridgehead atoms. The molecule has 1 rings (SSSR count). The zero-order chi connectivity index (χ0) is 9.84. The van der Waals surface area contributed by atoms with E-state index in [1.54, 1.807) is 6.20 Å². The predicted molar refractivity (Wildman–Crippen MR) is 55.4 cm³/mol. The van der Waals surface area contributed by atoms with Crippen LogP contribution in [0.1, 0.15) is 5.56 Å².